The second-order valence-corrected chi connectivity index (χ2v) is 2.63. The highest BCUT2D eigenvalue weighted by Crippen LogP contribution is 2.14. The Bertz CT molecular complexity index is 141. The predicted molar refractivity (Wildman–Crippen MR) is 48.5 cm³/mol. The van der Waals surface area contributed by atoms with Crippen molar-refractivity contribution in [3.63, 3.8) is 0 Å². The van der Waals surface area contributed by atoms with Crippen LogP contribution in [0.1, 0.15) is 27.2 Å². The molecule has 4 heteroatoms. The highest BCUT2D eigenvalue weighted by molar-refractivity contribution is 5.70. The summed E-state index contributed by atoms with van der Waals surface area (Å²) in [6.45, 7) is 6.38. The second kappa shape index (κ2) is 6.86. The first kappa shape index (κ1) is 12.4. The van der Waals surface area contributed by atoms with Crippen LogP contribution < -0.4 is 0 Å². The van der Waals surface area contributed by atoms with Gasteiger partial charge in [0.15, 0.2) is 6.29 Å². The fourth-order valence-electron chi connectivity index (χ4n) is 1.09. The number of hydrogen-bond donors (Lipinski definition) is 1. The molecule has 78 valence electrons. The molecule has 0 spiro atoms. The maximum Gasteiger partial charge on any atom is 0.311 e. The highest BCUT2D eigenvalue weighted by Gasteiger charge is 2.27. The molecule has 0 bridgehead atoms. The molecule has 1 unspecified atom stereocenters. The van der Waals surface area contributed by atoms with Crippen molar-refractivity contribution < 1.29 is 19.4 Å². The molecule has 4 nitrogen and oxygen atoms in total. The Morgan fingerprint density at radius 3 is 1.92 bits per heavy atom. The molecular weight excluding hydrogens is 172 g/mol. The molecule has 0 saturated carbocycles. The van der Waals surface area contributed by atoms with Gasteiger partial charge in [0, 0.05) is 13.2 Å². The van der Waals surface area contributed by atoms with E-state index in [9.17, 15) is 4.79 Å². The lowest BCUT2D eigenvalue weighted by atomic mass is 10.1. The van der Waals surface area contributed by atoms with Crippen molar-refractivity contribution in [2.45, 2.75) is 33.5 Å². The summed E-state index contributed by atoms with van der Waals surface area (Å²) in [6, 6.07) is 0. The van der Waals surface area contributed by atoms with Crippen molar-refractivity contribution in [2.75, 3.05) is 13.2 Å². The monoisotopic (exact) mass is 190 g/mol. The zero-order valence-electron chi connectivity index (χ0n) is 8.45. The van der Waals surface area contributed by atoms with Gasteiger partial charge in [-0.15, -0.1) is 0 Å². The van der Waals surface area contributed by atoms with Gasteiger partial charge < -0.3 is 14.6 Å². The molecule has 0 heterocycles. The summed E-state index contributed by atoms with van der Waals surface area (Å²) in [6.07, 6.45) is -0.0995. The van der Waals surface area contributed by atoms with Crippen molar-refractivity contribution in [3.8, 4) is 0 Å². The van der Waals surface area contributed by atoms with E-state index in [0.717, 1.165) is 0 Å². The predicted octanol–water partition coefficient (Wildman–Crippen LogP) is 1.50. The van der Waals surface area contributed by atoms with Crippen molar-refractivity contribution in [2.24, 2.45) is 5.92 Å². The van der Waals surface area contributed by atoms with Crippen LogP contribution in [0.4, 0.5) is 0 Å². The quantitative estimate of drug-likeness (QED) is 0.618. The maximum absolute atomic E-state index is 10.8. The fourth-order valence-corrected chi connectivity index (χ4v) is 1.09. The molecule has 0 fully saturated rings. The van der Waals surface area contributed by atoms with Gasteiger partial charge in [-0.05, 0) is 20.3 Å². The Balaban J connectivity index is 4.20. The van der Waals surface area contributed by atoms with Gasteiger partial charge in [0.1, 0.15) is 5.92 Å². The second-order valence-electron chi connectivity index (χ2n) is 2.63. The molecule has 0 radical (unpaired) electrons. The zero-order chi connectivity index (χ0) is 10.3. The summed E-state index contributed by atoms with van der Waals surface area (Å²) < 4.78 is 10.4. The van der Waals surface area contributed by atoms with Crippen LogP contribution in [0.3, 0.4) is 0 Å². The minimum Gasteiger partial charge on any atom is -0.481 e. The number of rotatable bonds is 7. The molecule has 0 aliphatic heterocycles. The first-order valence-corrected chi connectivity index (χ1v) is 4.63. The van der Waals surface area contributed by atoms with E-state index in [4.69, 9.17) is 14.6 Å². The first-order chi connectivity index (χ1) is 6.17. The Labute approximate surface area is 78.8 Å². The lowest BCUT2D eigenvalue weighted by molar-refractivity contribution is -0.185. The van der Waals surface area contributed by atoms with Gasteiger partial charge in [-0.1, -0.05) is 6.92 Å². The summed E-state index contributed by atoms with van der Waals surface area (Å²) in [5, 5.41) is 8.84. The summed E-state index contributed by atoms with van der Waals surface area (Å²) in [5.74, 6) is -1.44. The lowest BCUT2D eigenvalue weighted by Crippen LogP contribution is -2.32. The molecule has 1 atom stereocenters. The van der Waals surface area contributed by atoms with E-state index in [0.29, 0.717) is 19.6 Å². The van der Waals surface area contributed by atoms with E-state index >= 15 is 0 Å². The van der Waals surface area contributed by atoms with Gasteiger partial charge >= 0.3 is 5.97 Å². The van der Waals surface area contributed by atoms with Gasteiger partial charge in [0.2, 0.25) is 0 Å². The van der Waals surface area contributed by atoms with E-state index in [1.54, 1.807) is 0 Å². The number of carboxylic acid groups (broad SMARTS) is 1. The van der Waals surface area contributed by atoms with Gasteiger partial charge in [0.05, 0.1) is 0 Å². The lowest BCUT2D eigenvalue weighted by Gasteiger charge is -2.22. The Morgan fingerprint density at radius 1 is 1.23 bits per heavy atom. The molecule has 0 saturated heterocycles. The highest BCUT2D eigenvalue weighted by atomic mass is 16.7. The number of hydrogen-bond acceptors (Lipinski definition) is 3. The van der Waals surface area contributed by atoms with Crippen LogP contribution in [0.15, 0.2) is 0 Å². The molecule has 0 aliphatic carbocycles. The van der Waals surface area contributed by atoms with E-state index in [1.165, 1.54) is 0 Å². The third-order valence-corrected chi connectivity index (χ3v) is 1.75. The van der Waals surface area contributed by atoms with Crippen LogP contribution in [0, 0.1) is 5.92 Å². The number of aliphatic carboxylic acids is 1. The molecule has 0 aromatic heterocycles. The Morgan fingerprint density at radius 2 is 1.69 bits per heavy atom. The van der Waals surface area contributed by atoms with Crippen LogP contribution in [0.5, 0.6) is 0 Å². The third kappa shape index (κ3) is 4.24. The van der Waals surface area contributed by atoms with Crippen molar-refractivity contribution in [3.05, 3.63) is 0 Å². The van der Waals surface area contributed by atoms with Crippen molar-refractivity contribution >= 4 is 5.97 Å². The molecule has 0 rings (SSSR count). The molecule has 0 aromatic rings. The summed E-state index contributed by atoms with van der Waals surface area (Å²) in [4.78, 5) is 10.8. The molecular formula is C9H18O4. The van der Waals surface area contributed by atoms with Crippen LogP contribution in [-0.2, 0) is 14.3 Å². The summed E-state index contributed by atoms with van der Waals surface area (Å²) >= 11 is 0. The van der Waals surface area contributed by atoms with E-state index in [2.05, 4.69) is 0 Å². The van der Waals surface area contributed by atoms with E-state index in [1.807, 2.05) is 20.8 Å². The topological polar surface area (TPSA) is 55.8 Å². The van der Waals surface area contributed by atoms with Crippen molar-refractivity contribution in [1.29, 1.82) is 0 Å². The normalized spacial score (nSPS) is 13.2. The molecule has 0 aromatic carbocycles. The van der Waals surface area contributed by atoms with Crippen LogP contribution in [0.2, 0.25) is 0 Å². The summed E-state index contributed by atoms with van der Waals surface area (Å²) in [5.41, 5.74) is 0. The van der Waals surface area contributed by atoms with Crippen LogP contribution in [0.25, 0.3) is 0 Å². The van der Waals surface area contributed by atoms with Gasteiger partial charge in [-0.3, -0.25) is 4.79 Å². The standard InChI is InChI=1S/C9H18O4/c1-4-7(8(10)11)9(12-5-2)13-6-3/h7,9H,4-6H2,1-3H3,(H,10,11). The van der Waals surface area contributed by atoms with Crippen LogP contribution in [-0.4, -0.2) is 30.6 Å². The third-order valence-electron chi connectivity index (χ3n) is 1.75. The average molecular weight is 190 g/mol. The first-order valence-electron chi connectivity index (χ1n) is 4.63. The zero-order valence-corrected chi connectivity index (χ0v) is 8.45. The maximum atomic E-state index is 10.8. The largest absolute Gasteiger partial charge is 0.481 e. The van der Waals surface area contributed by atoms with E-state index in [-0.39, 0.29) is 0 Å². The average Bonchev–Trinajstić information content (AvgIpc) is 2.05. The van der Waals surface area contributed by atoms with Gasteiger partial charge in [0.25, 0.3) is 0 Å². The minimum absolute atomic E-state index is 0.467. The smallest absolute Gasteiger partial charge is 0.311 e. The molecule has 13 heavy (non-hydrogen) atoms. The minimum atomic E-state index is -0.866. The van der Waals surface area contributed by atoms with Crippen LogP contribution >= 0.6 is 0 Å². The van der Waals surface area contributed by atoms with Gasteiger partial charge in [-0.25, -0.2) is 0 Å². The Hall–Kier alpha value is -0.610. The van der Waals surface area contributed by atoms with Gasteiger partial charge in [-0.2, -0.15) is 0 Å². The molecule has 1 N–H and O–H groups in total. The Kier molecular flexibility index (Phi) is 6.54. The molecule has 0 amide bonds. The molecule has 0 aliphatic rings. The number of ether oxygens (including phenoxy) is 2. The summed E-state index contributed by atoms with van der Waals surface area (Å²) in [7, 11) is 0. The number of carbonyl (C=O) groups is 1. The number of carboxylic acids is 1. The SMILES string of the molecule is CCOC(OCC)C(CC)C(=O)O. The van der Waals surface area contributed by atoms with E-state index < -0.39 is 18.2 Å². The van der Waals surface area contributed by atoms with Crippen molar-refractivity contribution in [1.82, 2.24) is 0 Å². The fraction of sp³-hybridized carbons (Fsp3) is 0.889.